The minimum absolute atomic E-state index is 0.0552. The predicted molar refractivity (Wildman–Crippen MR) is 126 cm³/mol. The first kappa shape index (κ1) is 22.7. The van der Waals surface area contributed by atoms with Crippen molar-refractivity contribution < 1.29 is 24.2 Å². The molecule has 0 unspecified atom stereocenters. The number of hydrogen-bond donors (Lipinski definition) is 2. The molecule has 2 heterocycles. The molecule has 0 radical (unpaired) electrons. The zero-order chi connectivity index (χ0) is 24.2. The van der Waals surface area contributed by atoms with Crippen LogP contribution in [0.3, 0.4) is 0 Å². The number of aromatic nitrogens is 2. The van der Waals surface area contributed by atoms with Crippen LogP contribution in [0.5, 0.6) is 5.75 Å². The number of carbonyl (C=O) groups is 3. The summed E-state index contributed by atoms with van der Waals surface area (Å²) in [7, 11) is 0. The maximum atomic E-state index is 12.7. The summed E-state index contributed by atoms with van der Waals surface area (Å²) in [6.45, 7) is 1.13. The second kappa shape index (κ2) is 9.58. The minimum atomic E-state index is -1.23. The summed E-state index contributed by atoms with van der Waals surface area (Å²) in [6, 6.07) is 19.1. The number of Topliss-reactive ketones (excluding diaryl/α,β-unsaturated/α-hetero) is 1. The lowest BCUT2D eigenvalue weighted by Gasteiger charge is -2.15. The number of fused-ring (bicyclic) bond motifs is 1. The average molecular weight is 457 g/mol. The van der Waals surface area contributed by atoms with Gasteiger partial charge in [0.1, 0.15) is 5.52 Å². The number of nitrogens with zero attached hydrogens (tertiary/aromatic N) is 2. The van der Waals surface area contributed by atoms with E-state index in [1.165, 1.54) is 0 Å². The van der Waals surface area contributed by atoms with E-state index in [9.17, 15) is 19.5 Å². The number of ketones is 1. The normalized spacial score (nSPS) is 10.9. The van der Waals surface area contributed by atoms with Crippen molar-refractivity contribution in [3.8, 4) is 5.75 Å². The van der Waals surface area contributed by atoms with E-state index in [2.05, 4.69) is 0 Å². The van der Waals surface area contributed by atoms with E-state index >= 15 is 0 Å². The zero-order valence-corrected chi connectivity index (χ0v) is 18.5. The quantitative estimate of drug-likeness (QED) is 0.225. The van der Waals surface area contributed by atoms with E-state index in [4.69, 9.17) is 15.6 Å². The predicted octanol–water partition coefficient (Wildman–Crippen LogP) is 3.25. The van der Waals surface area contributed by atoms with Gasteiger partial charge in [-0.05, 0) is 23.6 Å². The molecular weight excluding hydrogens is 434 g/mol. The lowest BCUT2D eigenvalue weighted by Crippen LogP contribution is -2.18. The number of nitrogen functional groups attached to an aromatic ring is 1. The maximum absolute atomic E-state index is 12.7. The summed E-state index contributed by atoms with van der Waals surface area (Å²) in [6.07, 6.45) is 0.908. The summed E-state index contributed by atoms with van der Waals surface area (Å²) in [5, 5.41) is 14.0. The molecule has 34 heavy (non-hydrogen) atoms. The van der Waals surface area contributed by atoms with Crippen LogP contribution in [0.2, 0.25) is 0 Å². The fourth-order valence-corrected chi connectivity index (χ4v) is 3.99. The van der Waals surface area contributed by atoms with E-state index in [0.29, 0.717) is 17.8 Å². The maximum Gasteiger partial charge on any atom is 0.341 e. The number of hydrogen-bond acceptors (Lipinski definition) is 6. The smallest absolute Gasteiger partial charge is 0.341 e. The van der Waals surface area contributed by atoms with Crippen molar-refractivity contribution in [3.05, 3.63) is 94.3 Å². The fraction of sp³-hybridized carbons (Fsp3) is 0.154. The molecule has 0 aliphatic carbocycles. The highest BCUT2D eigenvalue weighted by Gasteiger charge is 2.28. The largest absolute Gasteiger partial charge is 0.479 e. The Hall–Kier alpha value is -4.46. The van der Waals surface area contributed by atoms with E-state index in [1.807, 2.05) is 67.6 Å². The number of nitrogens with two attached hydrogens (primary N) is 1. The number of carbonyl (C=O) groups excluding carboxylic acids is 2. The molecule has 4 aromatic rings. The van der Waals surface area contributed by atoms with E-state index in [0.717, 1.165) is 22.4 Å². The molecule has 2 aromatic heterocycles. The summed E-state index contributed by atoms with van der Waals surface area (Å²) in [4.78, 5) is 35.6. The molecule has 172 valence electrons. The molecule has 0 spiro atoms. The topological polar surface area (TPSA) is 124 Å². The van der Waals surface area contributed by atoms with Crippen LogP contribution in [0.15, 0.2) is 60.7 Å². The van der Waals surface area contributed by atoms with Crippen LogP contribution in [0, 0.1) is 6.92 Å². The van der Waals surface area contributed by atoms with Crippen LogP contribution in [-0.2, 0) is 22.4 Å². The van der Waals surface area contributed by atoms with Crippen molar-refractivity contribution in [1.29, 1.82) is 0 Å². The third-order valence-electron chi connectivity index (χ3n) is 5.63. The Morgan fingerprint density at radius 2 is 1.62 bits per heavy atom. The van der Waals surface area contributed by atoms with Crippen molar-refractivity contribution in [2.24, 2.45) is 0 Å². The number of aldehydes is 1. The van der Waals surface area contributed by atoms with Crippen molar-refractivity contribution >= 4 is 29.2 Å². The highest BCUT2D eigenvalue weighted by atomic mass is 16.5. The molecule has 2 aromatic carbocycles. The fourth-order valence-electron chi connectivity index (χ4n) is 3.99. The Morgan fingerprint density at radius 1 is 1.03 bits per heavy atom. The molecule has 0 atom stereocenters. The van der Waals surface area contributed by atoms with Gasteiger partial charge in [-0.25, -0.2) is 9.31 Å². The van der Waals surface area contributed by atoms with Gasteiger partial charge >= 0.3 is 5.97 Å². The van der Waals surface area contributed by atoms with Gasteiger partial charge in [0.05, 0.1) is 22.6 Å². The molecule has 0 saturated carbocycles. The highest BCUT2D eigenvalue weighted by molar-refractivity contribution is 6.35. The van der Waals surface area contributed by atoms with Crippen LogP contribution in [0.1, 0.15) is 38.4 Å². The first-order valence-electron chi connectivity index (χ1n) is 10.6. The van der Waals surface area contributed by atoms with Gasteiger partial charge in [0.15, 0.2) is 18.6 Å². The lowest BCUT2D eigenvalue weighted by atomic mass is 10.0. The Bertz CT molecular complexity index is 1380. The number of benzene rings is 2. The van der Waals surface area contributed by atoms with Gasteiger partial charge in [-0.15, -0.1) is 0 Å². The number of ether oxygens (including phenoxy) is 1. The Morgan fingerprint density at radius 3 is 2.18 bits per heavy atom. The van der Waals surface area contributed by atoms with Crippen LogP contribution in [-0.4, -0.2) is 39.4 Å². The molecular formula is C26H23N3O5. The van der Waals surface area contributed by atoms with Gasteiger partial charge in [-0.1, -0.05) is 60.7 Å². The van der Waals surface area contributed by atoms with Gasteiger partial charge in [0, 0.05) is 12.8 Å². The number of anilines is 1. The second-order valence-corrected chi connectivity index (χ2v) is 7.89. The second-order valence-electron chi connectivity index (χ2n) is 7.89. The molecule has 8 heteroatoms. The Balaban J connectivity index is 2.01. The van der Waals surface area contributed by atoms with Crippen molar-refractivity contribution in [1.82, 2.24) is 9.61 Å². The van der Waals surface area contributed by atoms with Crippen LogP contribution in [0.25, 0.3) is 5.52 Å². The third kappa shape index (κ3) is 4.38. The monoisotopic (exact) mass is 457 g/mol. The SMILES string of the molecule is Cc1c(N)c2c(OCC(=O)O)c(C(=O)C=O)c(Cc3ccccc3)nn2c1Cc1ccccc1. The van der Waals surface area contributed by atoms with Gasteiger partial charge < -0.3 is 15.6 Å². The van der Waals surface area contributed by atoms with Gasteiger partial charge in [0.25, 0.3) is 0 Å². The molecule has 8 nitrogen and oxygen atoms in total. The third-order valence-corrected chi connectivity index (χ3v) is 5.63. The molecule has 0 bridgehead atoms. The van der Waals surface area contributed by atoms with Gasteiger partial charge in [-0.3, -0.25) is 9.59 Å². The highest BCUT2D eigenvalue weighted by Crippen LogP contribution is 2.37. The van der Waals surface area contributed by atoms with Crippen molar-refractivity contribution in [2.45, 2.75) is 19.8 Å². The number of carboxylic acid groups (broad SMARTS) is 1. The van der Waals surface area contributed by atoms with E-state index < -0.39 is 18.4 Å². The van der Waals surface area contributed by atoms with Crippen LogP contribution < -0.4 is 10.5 Å². The number of aliphatic carboxylic acids is 1. The molecule has 0 fully saturated rings. The Kier molecular flexibility index (Phi) is 6.40. The average Bonchev–Trinajstić information content (AvgIpc) is 3.07. The summed E-state index contributed by atoms with van der Waals surface area (Å²) in [5.74, 6) is -2.14. The van der Waals surface area contributed by atoms with Crippen LogP contribution >= 0.6 is 0 Å². The molecule has 0 aliphatic rings. The van der Waals surface area contributed by atoms with Crippen LogP contribution in [0.4, 0.5) is 5.69 Å². The van der Waals surface area contributed by atoms with Gasteiger partial charge in [0.2, 0.25) is 5.78 Å². The summed E-state index contributed by atoms with van der Waals surface area (Å²) < 4.78 is 7.20. The minimum Gasteiger partial charge on any atom is -0.479 e. The number of rotatable bonds is 9. The Labute approximate surface area is 195 Å². The summed E-state index contributed by atoms with van der Waals surface area (Å²) in [5.41, 5.74) is 10.6. The first-order valence-corrected chi connectivity index (χ1v) is 10.6. The molecule has 0 saturated heterocycles. The van der Waals surface area contributed by atoms with Crippen molar-refractivity contribution in [2.75, 3.05) is 12.3 Å². The van der Waals surface area contributed by atoms with E-state index in [1.54, 1.807) is 4.52 Å². The molecule has 0 aliphatic heterocycles. The molecule has 3 N–H and O–H groups in total. The zero-order valence-electron chi connectivity index (χ0n) is 18.5. The van der Waals surface area contributed by atoms with E-state index in [-0.39, 0.29) is 29.5 Å². The van der Waals surface area contributed by atoms with Gasteiger partial charge in [-0.2, -0.15) is 5.10 Å². The summed E-state index contributed by atoms with van der Waals surface area (Å²) >= 11 is 0. The first-order chi connectivity index (χ1) is 16.4. The lowest BCUT2D eigenvalue weighted by molar-refractivity contribution is -0.139. The standard InChI is InChI=1S/C26H23N3O5/c1-16-20(13-18-10-6-3-7-11-18)29-25(24(16)27)26(34-15-22(32)33)23(21(31)14-30)19(28-29)12-17-8-4-2-5-9-17/h2-11,14H,12-13,15,27H2,1H3,(H,32,33). The molecule has 4 rings (SSSR count). The van der Waals surface area contributed by atoms with Crippen molar-refractivity contribution in [3.63, 3.8) is 0 Å². The molecule has 0 amide bonds. The number of carboxylic acids is 1.